The van der Waals surface area contributed by atoms with Crippen LogP contribution >= 0.6 is 0 Å². The molecule has 0 radical (unpaired) electrons. The Kier molecular flexibility index (Phi) is 6.47. The van der Waals surface area contributed by atoms with E-state index in [1.807, 2.05) is 0 Å². The van der Waals surface area contributed by atoms with Crippen molar-refractivity contribution in [2.24, 2.45) is 4.36 Å². The quantitative estimate of drug-likeness (QED) is 0.386. The first kappa shape index (κ1) is 22.1. The van der Waals surface area contributed by atoms with Gasteiger partial charge in [-0.25, -0.2) is 23.1 Å². The van der Waals surface area contributed by atoms with E-state index in [0.29, 0.717) is 5.56 Å². The Morgan fingerprint density at radius 2 is 2.00 bits per heavy atom. The van der Waals surface area contributed by atoms with Crippen LogP contribution in [0.3, 0.4) is 0 Å². The minimum atomic E-state index is -3.13. The molecule has 162 valence electrons. The third kappa shape index (κ3) is 5.33. The number of nitrogens with zero attached hydrogens (tertiary/aromatic N) is 5. The predicted octanol–water partition coefficient (Wildman–Crippen LogP) is 3.86. The zero-order valence-electron chi connectivity index (χ0n) is 16.3. The van der Waals surface area contributed by atoms with Crippen LogP contribution < -0.4 is 10.1 Å². The summed E-state index contributed by atoms with van der Waals surface area (Å²) in [5.74, 6) is -2.74. The highest BCUT2D eigenvalue weighted by Gasteiger charge is 2.16. The molecular formula is C19H17F3N6O2S. The Morgan fingerprint density at radius 1 is 1.23 bits per heavy atom. The van der Waals surface area contributed by atoms with Crippen molar-refractivity contribution in [3.63, 3.8) is 0 Å². The maximum Gasteiger partial charge on any atom is 0.230 e. The van der Waals surface area contributed by atoms with Crippen molar-refractivity contribution in [1.82, 2.24) is 15.0 Å². The molecule has 1 heterocycles. The Bertz CT molecular complexity index is 1230. The average Bonchev–Trinajstić information content (AvgIpc) is 2.71. The number of halogens is 3. The number of methoxy groups -OCH3 is 1. The van der Waals surface area contributed by atoms with E-state index in [2.05, 4.69) is 24.6 Å². The number of nitriles is 1. The predicted molar refractivity (Wildman–Crippen MR) is 110 cm³/mol. The maximum atomic E-state index is 14.2. The highest BCUT2D eigenvalue weighted by atomic mass is 32.3. The van der Waals surface area contributed by atoms with Crippen molar-refractivity contribution >= 4 is 21.7 Å². The lowest BCUT2D eigenvalue weighted by Gasteiger charge is -2.17. The smallest absolute Gasteiger partial charge is 0.230 e. The average molecular weight is 450 g/mol. The summed E-state index contributed by atoms with van der Waals surface area (Å²) in [5.41, 5.74) is 0.350. The minimum Gasteiger partial charge on any atom is -0.496 e. The molecule has 3 rings (SSSR count). The molecule has 8 nitrogen and oxygen atoms in total. The molecule has 0 saturated carbocycles. The summed E-state index contributed by atoms with van der Waals surface area (Å²) in [4.78, 5) is 12.2. The van der Waals surface area contributed by atoms with E-state index in [-0.39, 0.29) is 34.5 Å². The SMILES string of the molecule is COc1cc(F)ccc1-c1ncnc(Nc2cc(F)c(F)c(C[SH](C)(O)=NC#N)c2)n1. The standard InChI is InChI=1S/C19H17F3N6O2S/c1-30-16-6-12(20)3-4-14(16)18-24-10-25-19(28-18)27-13-5-11(17(22)15(21)7-13)8-31(2,29)26-9-23/h3-7,10,31H,8H2,1-2H3,(H,26,29)(H,24,25,27,28). The van der Waals surface area contributed by atoms with Crippen molar-refractivity contribution in [3.05, 3.63) is 59.7 Å². The largest absolute Gasteiger partial charge is 0.496 e. The first-order valence-electron chi connectivity index (χ1n) is 8.70. The molecule has 0 fully saturated rings. The molecule has 31 heavy (non-hydrogen) atoms. The first-order chi connectivity index (χ1) is 14.7. The first-order valence-corrected chi connectivity index (χ1v) is 11.0. The van der Waals surface area contributed by atoms with E-state index in [1.54, 1.807) is 0 Å². The molecule has 0 saturated heterocycles. The van der Waals surface area contributed by atoms with Crippen molar-refractivity contribution in [3.8, 4) is 23.3 Å². The Hall–Kier alpha value is -3.56. The molecule has 3 aromatic rings. The lowest BCUT2D eigenvalue weighted by Crippen LogP contribution is -2.12. The van der Waals surface area contributed by atoms with Crippen molar-refractivity contribution in [2.75, 3.05) is 18.7 Å². The molecule has 0 aliphatic heterocycles. The van der Waals surface area contributed by atoms with Crippen LogP contribution in [0, 0.1) is 28.9 Å². The fraction of sp³-hybridized carbons (Fsp3) is 0.158. The molecule has 2 aromatic carbocycles. The van der Waals surface area contributed by atoms with Gasteiger partial charge in [-0.1, -0.05) is 10.1 Å². The summed E-state index contributed by atoms with van der Waals surface area (Å²) < 4.78 is 60.4. The Labute approximate surface area is 176 Å². The molecular weight excluding hydrogens is 433 g/mol. The lowest BCUT2D eigenvalue weighted by molar-refractivity contribution is 0.412. The summed E-state index contributed by atoms with van der Waals surface area (Å²) in [6, 6.07) is 6.00. The zero-order valence-corrected chi connectivity index (χ0v) is 17.2. The van der Waals surface area contributed by atoms with Crippen LogP contribution in [0.25, 0.3) is 11.4 Å². The second kappa shape index (κ2) is 9.07. The Morgan fingerprint density at radius 3 is 2.71 bits per heavy atom. The zero-order chi connectivity index (χ0) is 22.6. The summed E-state index contributed by atoms with van der Waals surface area (Å²) in [7, 11) is -1.76. The van der Waals surface area contributed by atoms with Crippen LogP contribution in [0.2, 0.25) is 0 Å². The molecule has 12 heteroatoms. The number of anilines is 2. The van der Waals surface area contributed by atoms with Gasteiger partial charge in [0, 0.05) is 29.1 Å². The topological polar surface area (TPSA) is 116 Å². The number of rotatable bonds is 6. The van der Waals surface area contributed by atoms with Crippen molar-refractivity contribution in [2.45, 2.75) is 5.75 Å². The van der Waals surface area contributed by atoms with Crippen LogP contribution in [0.15, 0.2) is 41.0 Å². The van der Waals surface area contributed by atoms with Gasteiger partial charge in [-0.15, -0.1) is 4.36 Å². The number of benzene rings is 2. The summed E-state index contributed by atoms with van der Waals surface area (Å²) >= 11 is 0. The van der Waals surface area contributed by atoms with E-state index in [9.17, 15) is 17.7 Å². The van der Waals surface area contributed by atoms with Gasteiger partial charge in [0.1, 0.15) is 17.9 Å². The number of hydrogen-bond donors (Lipinski definition) is 3. The third-order valence-corrected chi connectivity index (χ3v) is 5.53. The van der Waals surface area contributed by atoms with Gasteiger partial charge in [0.2, 0.25) is 12.1 Å². The van der Waals surface area contributed by atoms with Crippen molar-refractivity contribution < 1.29 is 22.5 Å². The van der Waals surface area contributed by atoms with E-state index < -0.39 is 27.6 Å². The fourth-order valence-electron chi connectivity index (χ4n) is 2.75. The molecule has 0 unspecified atom stereocenters. The van der Waals surface area contributed by atoms with Crippen LogP contribution in [0.5, 0.6) is 5.75 Å². The normalized spacial score (nSPS) is 11.5. The summed E-state index contributed by atoms with van der Waals surface area (Å²) in [5, 5.41) is 11.4. The number of nitrogens with one attached hydrogen (secondary N) is 1. The second-order valence-corrected chi connectivity index (χ2v) is 9.17. The molecule has 2 N–H and O–H groups in total. The van der Waals surface area contributed by atoms with Gasteiger partial charge in [0.15, 0.2) is 17.5 Å². The maximum absolute atomic E-state index is 14.2. The van der Waals surface area contributed by atoms with Crippen LogP contribution in [-0.4, -0.2) is 32.9 Å². The molecule has 0 spiro atoms. The van der Waals surface area contributed by atoms with Crippen LogP contribution in [-0.2, 0) is 15.9 Å². The van der Waals surface area contributed by atoms with Crippen LogP contribution in [0.1, 0.15) is 5.56 Å². The molecule has 0 aliphatic rings. The van der Waals surface area contributed by atoms with Crippen molar-refractivity contribution in [1.29, 1.82) is 5.26 Å². The van der Waals surface area contributed by atoms with Gasteiger partial charge in [-0.05, 0) is 24.5 Å². The highest BCUT2D eigenvalue weighted by molar-refractivity contribution is 7.98. The van der Waals surface area contributed by atoms with Gasteiger partial charge in [0.25, 0.3) is 0 Å². The minimum absolute atomic E-state index is 0.0107. The van der Waals surface area contributed by atoms with E-state index in [1.165, 1.54) is 50.2 Å². The molecule has 0 aliphatic carbocycles. The highest BCUT2D eigenvalue weighted by Crippen LogP contribution is 2.29. The molecule has 0 atom stereocenters. The van der Waals surface area contributed by atoms with Gasteiger partial charge in [-0.2, -0.15) is 10.2 Å². The molecule has 1 aromatic heterocycles. The van der Waals surface area contributed by atoms with Gasteiger partial charge in [0.05, 0.1) is 12.7 Å². The van der Waals surface area contributed by atoms with E-state index in [4.69, 9.17) is 10.00 Å². The number of thiol groups is 1. The lowest BCUT2D eigenvalue weighted by atomic mass is 10.2. The van der Waals surface area contributed by atoms with Gasteiger partial charge in [-0.3, -0.25) is 0 Å². The van der Waals surface area contributed by atoms with Gasteiger partial charge >= 0.3 is 0 Å². The fourth-order valence-corrected chi connectivity index (χ4v) is 3.89. The van der Waals surface area contributed by atoms with Crippen LogP contribution in [0.4, 0.5) is 24.8 Å². The molecule has 0 bridgehead atoms. The van der Waals surface area contributed by atoms with E-state index in [0.717, 1.165) is 6.07 Å². The summed E-state index contributed by atoms with van der Waals surface area (Å²) in [6.07, 6.45) is 3.98. The van der Waals surface area contributed by atoms with E-state index >= 15 is 0 Å². The summed E-state index contributed by atoms with van der Waals surface area (Å²) in [6.45, 7) is 0. The van der Waals surface area contributed by atoms with Gasteiger partial charge < -0.3 is 14.6 Å². The third-order valence-electron chi connectivity index (χ3n) is 4.07. The Balaban J connectivity index is 1.95. The number of ether oxygens (including phenoxy) is 1. The monoisotopic (exact) mass is 450 g/mol. The number of hydrogen-bond acceptors (Lipinski definition) is 7. The molecule has 0 amide bonds. The second-order valence-electron chi connectivity index (χ2n) is 6.48. The number of aromatic nitrogens is 3.